The van der Waals surface area contributed by atoms with E-state index in [-0.39, 0.29) is 13.1 Å². The third-order valence-corrected chi connectivity index (χ3v) is 2.46. The van der Waals surface area contributed by atoms with Crippen molar-refractivity contribution < 1.29 is 23.7 Å². The van der Waals surface area contributed by atoms with E-state index in [0.717, 1.165) is 0 Å². The fourth-order valence-corrected chi connectivity index (χ4v) is 1.42. The Labute approximate surface area is 104 Å². The van der Waals surface area contributed by atoms with Crippen LogP contribution in [0.25, 0.3) is 0 Å². The molecule has 1 aromatic carbocycles. The van der Waals surface area contributed by atoms with E-state index >= 15 is 0 Å². The van der Waals surface area contributed by atoms with E-state index in [1.54, 1.807) is 24.3 Å². The summed E-state index contributed by atoms with van der Waals surface area (Å²) in [7, 11) is 1.52. The SMILES string of the molecule is COc1cccc(C(O)CNCC(O)C(F)F)c1. The van der Waals surface area contributed by atoms with Gasteiger partial charge in [0.15, 0.2) is 0 Å². The Bertz CT molecular complexity index is 363. The van der Waals surface area contributed by atoms with Crippen LogP contribution in [0.5, 0.6) is 5.75 Å². The van der Waals surface area contributed by atoms with Crippen LogP contribution in [0.2, 0.25) is 0 Å². The van der Waals surface area contributed by atoms with E-state index < -0.39 is 18.6 Å². The minimum Gasteiger partial charge on any atom is -0.497 e. The van der Waals surface area contributed by atoms with Crippen LogP contribution in [-0.4, -0.2) is 42.9 Å². The molecule has 0 bridgehead atoms. The van der Waals surface area contributed by atoms with Crippen LogP contribution in [0.1, 0.15) is 11.7 Å². The smallest absolute Gasteiger partial charge is 0.265 e. The number of ether oxygens (including phenoxy) is 1. The molecule has 2 unspecified atom stereocenters. The van der Waals surface area contributed by atoms with Gasteiger partial charge in [-0.15, -0.1) is 0 Å². The molecule has 0 saturated carbocycles. The molecular weight excluding hydrogens is 244 g/mol. The van der Waals surface area contributed by atoms with Gasteiger partial charge in [-0.3, -0.25) is 0 Å². The lowest BCUT2D eigenvalue weighted by Gasteiger charge is -2.15. The molecule has 1 aromatic rings. The second-order valence-corrected chi connectivity index (χ2v) is 3.85. The van der Waals surface area contributed by atoms with Crippen LogP contribution in [0.4, 0.5) is 8.78 Å². The predicted octanol–water partition coefficient (Wildman–Crippen LogP) is 0.944. The number of aliphatic hydroxyl groups is 2. The van der Waals surface area contributed by atoms with Crippen molar-refractivity contribution in [2.24, 2.45) is 0 Å². The zero-order chi connectivity index (χ0) is 13.5. The van der Waals surface area contributed by atoms with Crippen LogP contribution >= 0.6 is 0 Å². The number of benzene rings is 1. The molecule has 0 fully saturated rings. The minimum absolute atomic E-state index is 0.0803. The van der Waals surface area contributed by atoms with E-state index in [4.69, 9.17) is 9.84 Å². The molecule has 1 rings (SSSR count). The molecular formula is C12H17F2NO3. The summed E-state index contributed by atoms with van der Waals surface area (Å²) in [5.41, 5.74) is 0.619. The van der Waals surface area contributed by atoms with Gasteiger partial charge in [0.05, 0.1) is 13.2 Å². The summed E-state index contributed by atoms with van der Waals surface area (Å²) in [6.45, 7) is -0.185. The molecule has 6 heteroatoms. The number of hydrogen-bond acceptors (Lipinski definition) is 4. The number of rotatable bonds is 7. The maximum atomic E-state index is 12.0. The molecule has 0 amide bonds. The van der Waals surface area contributed by atoms with Gasteiger partial charge in [-0.25, -0.2) is 8.78 Å². The summed E-state index contributed by atoms with van der Waals surface area (Å²) in [6.07, 6.45) is -5.35. The van der Waals surface area contributed by atoms with Crippen molar-refractivity contribution in [3.8, 4) is 5.75 Å². The number of methoxy groups -OCH3 is 1. The maximum absolute atomic E-state index is 12.0. The largest absolute Gasteiger partial charge is 0.497 e. The van der Waals surface area contributed by atoms with E-state index in [2.05, 4.69) is 5.32 Å². The third-order valence-electron chi connectivity index (χ3n) is 2.46. The first-order chi connectivity index (χ1) is 8.54. The average Bonchev–Trinajstić information content (AvgIpc) is 2.38. The molecule has 4 nitrogen and oxygen atoms in total. The molecule has 0 aliphatic carbocycles. The average molecular weight is 261 g/mol. The van der Waals surface area contributed by atoms with Gasteiger partial charge in [0, 0.05) is 13.1 Å². The van der Waals surface area contributed by atoms with E-state index in [1.165, 1.54) is 7.11 Å². The molecule has 0 aliphatic rings. The Morgan fingerprint density at radius 2 is 2.00 bits per heavy atom. The van der Waals surface area contributed by atoms with Crippen molar-refractivity contribution in [3.05, 3.63) is 29.8 Å². The van der Waals surface area contributed by atoms with Gasteiger partial charge in [0.1, 0.15) is 11.9 Å². The molecule has 3 N–H and O–H groups in total. The van der Waals surface area contributed by atoms with Gasteiger partial charge < -0.3 is 20.3 Å². The van der Waals surface area contributed by atoms with Crippen molar-refractivity contribution in [3.63, 3.8) is 0 Å². The van der Waals surface area contributed by atoms with Gasteiger partial charge in [0.2, 0.25) is 0 Å². The summed E-state index contributed by atoms with van der Waals surface area (Å²) in [5.74, 6) is 0.610. The van der Waals surface area contributed by atoms with Crippen molar-refractivity contribution in [2.75, 3.05) is 20.2 Å². The standard InChI is InChI=1S/C12H17F2NO3/c1-18-9-4-2-3-8(5-9)10(16)6-15-7-11(17)12(13)14/h2-5,10-12,15-17H,6-7H2,1H3. The lowest BCUT2D eigenvalue weighted by Crippen LogP contribution is -2.34. The van der Waals surface area contributed by atoms with Crippen LogP contribution in [0.3, 0.4) is 0 Å². The molecule has 0 aromatic heterocycles. The predicted molar refractivity (Wildman–Crippen MR) is 62.8 cm³/mol. The second-order valence-electron chi connectivity index (χ2n) is 3.85. The van der Waals surface area contributed by atoms with Crippen LogP contribution < -0.4 is 10.1 Å². The van der Waals surface area contributed by atoms with E-state index in [1.807, 2.05) is 0 Å². The molecule has 18 heavy (non-hydrogen) atoms. The first-order valence-corrected chi connectivity index (χ1v) is 5.53. The molecule has 0 saturated heterocycles. The third kappa shape index (κ3) is 4.56. The molecule has 0 spiro atoms. The van der Waals surface area contributed by atoms with Gasteiger partial charge in [-0.2, -0.15) is 0 Å². The topological polar surface area (TPSA) is 61.7 Å². The second kappa shape index (κ2) is 7.25. The number of hydrogen-bond donors (Lipinski definition) is 3. The van der Waals surface area contributed by atoms with E-state index in [9.17, 15) is 13.9 Å². The highest BCUT2D eigenvalue weighted by Crippen LogP contribution is 2.18. The monoisotopic (exact) mass is 261 g/mol. The van der Waals surface area contributed by atoms with Gasteiger partial charge in [-0.1, -0.05) is 12.1 Å². The summed E-state index contributed by atoms with van der Waals surface area (Å²) in [6, 6.07) is 6.84. The van der Waals surface area contributed by atoms with Crippen LogP contribution in [0, 0.1) is 0 Å². The first-order valence-electron chi connectivity index (χ1n) is 5.53. The molecule has 0 aliphatic heterocycles. The zero-order valence-corrected chi connectivity index (χ0v) is 10.0. The molecule has 2 atom stereocenters. The highest BCUT2D eigenvalue weighted by atomic mass is 19.3. The Morgan fingerprint density at radius 1 is 1.28 bits per heavy atom. The van der Waals surface area contributed by atoms with E-state index in [0.29, 0.717) is 11.3 Å². The summed E-state index contributed by atoms with van der Waals surface area (Å²) in [4.78, 5) is 0. The molecule has 0 radical (unpaired) electrons. The summed E-state index contributed by atoms with van der Waals surface area (Å²) in [5, 5.41) is 21.3. The minimum atomic E-state index is -2.79. The first kappa shape index (κ1) is 14.8. The van der Waals surface area contributed by atoms with Crippen molar-refractivity contribution in [1.29, 1.82) is 0 Å². The Morgan fingerprint density at radius 3 is 2.61 bits per heavy atom. The van der Waals surface area contributed by atoms with Gasteiger partial charge >= 0.3 is 0 Å². The normalized spacial score (nSPS) is 14.6. The highest BCUT2D eigenvalue weighted by Gasteiger charge is 2.16. The van der Waals surface area contributed by atoms with Crippen molar-refractivity contribution in [1.82, 2.24) is 5.32 Å². The lowest BCUT2D eigenvalue weighted by atomic mass is 10.1. The molecule has 102 valence electrons. The number of aliphatic hydroxyl groups excluding tert-OH is 2. The highest BCUT2D eigenvalue weighted by molar-refractivity contribution is 5.29. The fourth-order valence-electron chi connectivity index (χ4n) is 1.42. The number of alkyl halides is 2. The summed E-state index contributed by atoms with van der Waals surface area (Å²) < 4.78 is 29.0. The fraction of sp³-hybridized carbons (Fsp3) is 0.500. The van der Waals surface area contributed by atoms with Crippen LogP contribution in [-0.2, 0) is 0 Å². The number of nitrogens with one attached hydrogen (secondary N) is 1. The van der Waals surface area contributed by atoms with Crippen molar-refractivity contribution >= 4 is 0 Å². The van der Waals surface area contributed by atoms with Gasteiger partial charge in [0.25, 0.3) is 6.43 Å². The molecule has 0 heterocycles. The Hall–Kier alpha value is -1.24. The Balaban J connectivity index is 2.42. The lowest BCUT2D eigenvalue weighted by molar-refractivity contribution is -0.00463. The van der Waals surface area contributed by atoms with Crippen molar-refractivity contribution in [2.45, 2.75) is 18.6 Å². The number of halogens is 2. The quantitative estimate of drug-likeness (QED) is 0.683. The maximum Gasteiger partial charge on any atom is 0.265 e. The van der Waals surface area contributed by atoms with Crippen LogP contribution in [0.15, 0.2) is 24.3 Å². The summed E-state index contributed by atoms with van der Waals surface area (Å²) >= 11 is 0. The zero-order valence-electron chi connectivity index (χ0n) is 10.0. The van der Waals surface area contributed by atoms with Gasteiger partial charge in [-0.05, 0) is 17.7 Å². The Kier molecular flexibility index (Phi) is 5.97.